The summed E-state index contributed by atoms with van der Waals surface area (Å²) in [6, 6.07) is 4.12. The number of hydrogen-bond donors (Lipinski definition) is 7. The first-order valence-electron chi connectivity index (χ1n) is 12.3. The van der Waals surface area contributed by atoms with Crippen molar-refractivity contribution in [2.24, 2.45) is 0 Å². The SMILES string of the molecule is C.C[NH2+]C[C@H](O)[C@@H](O)[C@H](O)[C@H](O)CO.O=C([O-])CN(CCN(CC(=O)[O-])C(Cc1ccc(O)cc1)C(=O)[O-])CC(=O)[O-].[Mn+2]. The number of nitrogens with zero attached hydrogens (tertiary/aromatic N) is 2. The van der Waals surface area contributed by atoms with Crippen LogP contribution in [0, 0.1) is 0 Å². The predicted octanol–water partition coefficient (Wildman–Crippen LogP) is -9.84. The zero-order chi connectivity index (χ0) is 31.7. The van der Waals surface area contributed by atoms with Crippen LogP contribution in [0.15, 0.2) is 24.3 Å². The molecule has 0 amide bonds. The van der Waals surface area contributed by atoms with E-state index in [0.29, 0.717) is 5.56 Å². The zero-order valence-electron chi connectivity index (χ0n) is 22.7. The Bertz CT molecular complexity index is 940. The van der Waals surface area contributed by atoms with E-state index in [1.165, 1.54) is 24.3 Å². The van der Waals surface area contributed by atoms with Crippen LogP contribution in [-0.4, -0.2) is 148 Å². The molecule has 1 rings (SSSR count). The fourth-order valence-corrected chi connectivity index (χ4v) is 3.52. The van der Waals surface area contributed by atoms with E-state index in [0.717, 1.165) is 9.80 Å². The molecule has 18 heteroatoms. The third-order valence-electron chi connectivity index (χ3n) is 5.62. The second-order valence-corrected chi connectivity index (χ2v) is 8.94. The number of rotatable bonds is 19. The standard InChI is InChI=1S/C17H22N2O9.C7H17NO5.CH4.Mn/c20-12-3-1-11(2-4-12)7-13(17(27)28)19(10-16(25)26)6-5-18(8-14(21)22)9-15(23)24;1-8-2-4(10)6(12)7(13)5(11)3-9;;/h1-4,13,20H,5-10H2,(H,21,22)(H,23,24)(H,25,26)(H,27,28);4-13H,2-3H2,1H3;1H4;/q;;;+2/p-3/t;4-,5+,6+,7+;;/m.0../s1. The van der Waals surface area contributed by atoms with Crippen molar-refractivity contribution in [1.29, 1.82) is 0 Å². The van der Waals surface area contributed by atoms with Gasteiger partial charge in [0.1, 0.15) is 36.7 Å². The molecule has 0 fully saturated rings. The van der Waals surface area contributed by atoms with Crippen molar-refractivity contribution < 1.29 is 92.6 Å². The van der Waals surface area contributed by atoms with Crippen LogP contribution in [0.2, 0.25) is 0 Å². The van der Waals surface area contributed by atoms with Gasteiger partial charge in [-0.1, -0.05) is 19.6 Å². The second-order valence-electron chi connectivity index (χ2n) is 8.94. The third kappa shape index (κ3) is 19.1. The van der Waals surface area contributed by atoms with Crippen molar-refractivity contribution in [1.82, 2.24) is 9.80 Å². The van der Waals surface area contributed by atoms with E-state index in [1.54, 1.807) is 12.4 Å². The van der Waals surface area contributed by atoms with Gasteiger partial charge in [0, 0.05) is 32.7 Å². The van der Waals surface area contributed by atoms with Gasteiger partial charge in [-0.2, -0.15) is 0 Å². The maximum atomic E-state index is 11.6. The maximum absolute atomic E-state index is 11.6. The molecule has 0 aliphatic heterocycles. The summed E-state index contributed by atoms with van der Waals surface area (Å²) in [6.07, 6.45) is -5.70. The van der Waals surface area contributed by atoms with Crippen LogP contribution < -0.4 is 25.7 Å². The summed E-state index contributed by atoms with van der Waals surface area (Å²) in [5.74, 6) is -6.33. The number of aliphatic hydroxyl groups is 5. The molecular formula is C25H40MnN3O14-. The molecule has 17 nitrogen and oxygen atoms in total. The molecule has 0 aromatic heterocycles. The first-order chi connectivity index (χ1) is 19.1. The van der Waals surface area contributed by atoms with Gasteiger partial charge in [0.05, 0.1) is 43.6 Å². The van der Waals surface area contributed by atoms with Crippen LogP contribution in [-0.2, 0) is 42.7 Å². The van der Waals surface area contributed by atoms with E-state index in [4.69, 9.17) is 15.3 Å². The summed E-state index contributed by atoms with van der Waals surface area (Å²) in [7, 11) is 1.70. The number of aliphatic hydroxyl groups excluding tert-OH is 5. The van der Waals surface area contributed by atoms with Crippen LogP contribution >= 0.6 is 0 Å². The Balaban J connectivity index is -0.000000907. The monoisotopic (exact) mass is 661 g/mol. The molecule has 8 N–H and O–H groups in total. The van der Waals surface area contributed by atoms with E-state index in [2.05, 4.69) is 0 Å². The van der Waals surface area contributed by atoms with Crippen LogP contribution in [0.25, 0.3) is 0 Å². The molecule has 0 heterocycles. The van der Waals surface area contributed by atoms with E-state index in [9.17, 15) is 54.9 Å². The Hall–Kier alpha value is -2.90. The third-order valence-corrected chi connectivity index (χ3v) is 5.62. The first-order valence-corrected chi connectivity index (χ1v) is 12.3. The van der Waals surface area contributed by atoms with E-state index < -0.39 is 80.6 Å². The van der Waals surface area contributed by atoms with Gasteiger partial charge >= 0.3 is 17.1 Å². The molecule has 1 aromatic rings. The minimum atomic E-state index is -1.58. The number of aliphatic carboxylic acids is 4. The van der Waals surface area contributed by atoms with Crippen molar-refractivity contribution >= 4 is 23.9 Å². The average Bonchev–Trinajstić information content (AvgIpc) is 2.88. The number of hydrogen-bond acceptors (Lipinski definition) is 16. The topological polar surface area (TPSA) is 305 Å². The molecule has 0 saturated heterocycles. The van der Waals surface area contributed by atoms with Gasteiger partial charge in [-0.15, -0.1) is 0 Å². The number of nitrogens with two attached hydrogens (primary N) is 1. The Morgan fingerprint density at radius 3 is 1.67 bits per heavy atom. The summed E-state index contributed by atoms with van der Waals surface area (Å²) >= 11 is 0. The molecule has 0 aliphatic rings. The summed E-state index contributed by atoms with van der Waals surface area (Å²) in [5.41, 5.74) is 0.469. The molecule has 0 bridgehead atoms. The minimum Gasteiger partial charge on any atom is -0.549 e. The predicted molar refractivity (Wildman–Crippen MR) is 134 cm³/mol. The molecule has 5 atom stereocenters. The van der Waals surface area contributed by atoms with Crippen molar-refractivity contribution in [3.05, 3.63) is 29.8 Å². The molecule has 1 radical (unpaired) electrons. The smallest absolute Gasteiger partial charge is 0.549 e. The summed E-state index contributed by atoms with van der Waals surface area (Å²) in [6.45, 7) is -3.35. The number of carbonyl (C=O) groups is 4. The molecule has 0 spiro atoms. The van der Waals surface area contributed by atoms with Gasteiger partial charge in [0.15, 0.2) is 0 Å². The molecule has 0 saturated carbocycles. The summed E-state index contributed by atoms with van der Waals surface area (Å²) in [5, 5.41) is 99.9. The van der Waals surface area contributed by atoms with Gasteiger partial charge in [-0.05, 0) is 24.1 Å². The molecule has 247 valence electrons. The van der Waals surface area contributed by atoms with Crippen molar-refractivity contribution in [3.63, 3.8) is 0 Å². The largest absolute Gasteiger partial charge is 2.00 e. The fraction of sp³-hybridized carbons (Fsp3) is 0.600. The number of carboxylic acid groups (broad SMARTS) is 4. The Labute approximate surface area is 259 Å². The molecule has 1 unspecified atom stereocenters. The number of phenolic OH excluding ortho intramolecular Hbond substituents is 1. The summed E-state index contributed by atoms with van der Waals surface area (Å²) < 4.78 is 0. The van der Waals surface area contributed by atoms with Crippen LogP contribution in [0.5, 0.6) is 5.75 Å². The quantitative estimate of drug-likeness (QED) is 0.0677. The molecular weight excluding hydrogens is 621 g/mol. The fourth-order valence-electron chi connectivity index (χ4n) is 3.52. The van der Waals surface area contributed by atoms with Crippen LogP contribution in [0.3, 0.4) is 0 Å². The van der Waals surface area contributed by atoms with Gasteiger partial charge in [-0.25, -0.2) is 0 Å². The van der Waals surface area contributed by atoms with Crippen LogP contribution in [0.1, 0.15) is 13.0 Å². The van der Waals surface area contributed by atoms with E-state index >= 15 is 0 Å². The molecule has 1 aromatic carbocycles. The van der Waals surface area contributed by atoms with Gasteiger partial charge in [0.25, 0.3) is 0 Å². The summed E-state index contributed by atoms with van der Waals surface area (Å²) in [4.78, 5) is 45.9. The van der Waals surface area contributed by atoms with Gasteiger partial charge in [-0.3, -0.25) is 9.80 Å². The Morgan fingerprint density at radius 2 is 1.28 bits per heavy atom. The van der Waals surface area contributed by atoms with Crippen molar-refractivity contribution in [3.8, 4) is 5.75 Å². The first kappa shape index (κ1) is 44.5. The van der Waals surface area contributed by atoms with Crippen molar-refractivity contribution in [2.75, 3.05) is 52.9 Å². The van der Waals surface area contributed by atoms with E-state index in [1.807, 2.05) is 0 Å². The normalized spacial score (nSPS) is 14.1. The minimum absolute atomic E-state index is 0. The number of likely N-dealkylation sites (N-methyl/N-ethyl adjacent to an activating group) is 1. The zero-order valence-corrected chi connectivity index (χ0v) is 23.8. The number of aromatic hydroxyl groups is 1. The Morgan fingerprint density at radius 1 is 0.814 bits per heavy atom. The Kier molecular flexibility index (Phi) is 24.4. The van der Waals surface area contributed by atoms with Gasteiger partial charge in [0.2, 0.25) is 0 Å². The van der Waals surface area contributed by atoms with E-state index in [-0.39, 0.29) is 56.3 Å². The second kappa shape index (κ2) is 23.5. The maximum Gasteiger partial charge on any atom is 2.00 e. The number of benzene rings is 1. The number of quaternary nitrogens is 1. The molecule has 43 heavy (non-hydrogen) atoms. The number of carbonyl (C=O) groups excluding carboxylic acids is 4. The van der Waals surface area contributed by atoms with Crippen LogP contribution in [0.4, 0.5) is 0 Å². The van der Waals surface area contributed by atoms with Crippen molar-refractivity contribution in [2.45, 2.75) is 44.3 Å². The molecule has 0 aliphatic carbocycles. The number of carboxylic acids is 4. The average molecular weight is 662 g/mol. The van der Waals surface area contributed by atoms with Gasteiger partial charge < -0.3 is 75.6 Å². The number of phenols is 1.